The van der Waals surface area contributed by atoms with Gasteiger partial charge >= 0.3 is 6.18 Å². The predicted molar refractivity (Wildman–Crippen MR) is 110 cm³/mol. The second-order valence-corrected chi connectivity index (χ2v) is 8.36. The van der Waals surface area contributed by atoms with Gasteiger partial charge in [-0.25, -0.2) is 15.0 Å². The summed E-state index contributed by atoms with van der Waals surface area (Å²) in [4.78, 5) is 12.0. The van der Waals surface area contributed by atoms with Crippen molar-refractivity contribution in [3.63, 3.8) is 0 Å². The SMILES string of the molecule is CC(C)Oc1c(C#N)ccc2cnc(Nc3cc(CS(C)=O)nc(C(F)(F)F)c3)nc12. The Morgan fingerprint density at radius 2 is 2.00 bits per heavy atom. The van der Waals surface area contributed by atoms with Crippen LogP contribution in [0, 0.1) is 11.3 Å². The summed E-state index contributed by atoms with van der Waals surface area (Å²) in [6, 6.07) is 7.48. The van der Waals surface area contributed by atoms with Crippen LogP contribution in [0.1, 0.15) is 30.8 Å². The molecule has 0 spiro atoms. The first kappa shape index (κ1) is 22.4. The summed E-state index contributed by atoms with van der Waals surface area (Å²) in [5.41, 5.74) is -0.416. The number of benzene rings is 1. The van der Waals surface area contributed by atoms with Crippen LogP contribution in [0.5, 0.6) is 5.75 Å². The first-order valence-corrected chi connectivity index (χ1v) is 10.8. The Bertz CT molecular complexity index is 1190. The molecule has 0 bridgehead atoms. The molecule has 0 aliphatic rings. The maximum absolute atomic E-state index is 13.2. The zero-order valence-electron chi connectivity index (χ0n) is 16.8. The third-order valence-corrected chi connectivity index (χ3v) is 4.66. The fourth-order valence-corrected chi connectivity index (χ4v) is 3.36. The van der Waals surface area contributed by atoms with Crippen molar-refractivity contribution in [3.8, 4) is 11.8 Å². The normalized spacial score (nSPS) is 12.6. The van der Waals surface area contributed by atoms with Crippen LogP contribution in [0.3, 0.4) is 0 Å². The maximum atomic E-state index is 13.2. The molecule has 3 rings (SSSR count). The van der Waals surface area contributed by atoms with Crippen molar-refractivity contribution in [2.75, 3.05) is 11.6 Å². The number of nitrogens with zero attached hydrogens (tertiary/aromatic N) is 4. The fraction of sp³-hybridized carbons (Fsp3) is 0.300. The van der Waals surface area contributed by atoms with Gasteiger partial charge in [0.05, 0.1) is 23.1 Å². The number of pyridine rings is 1. The molecule has 0 radical (unpaired) electrons. The van der Waals surface area contributed by atoms with Crippen molar-refractivity contribution >= 4 is 33.3 Å². The Morgan fingerprint density at radius 3 is 2.61 bits per heavy atom. The molecule has 3 aromatic rings. The van der Waals surface area contributed by atoms with E-state index in [9.17, 15) is 22.6 Å². The number of nitrogens with one attached hydrogen (secondary N) is 1. The highest BCUT2D eigenvalue weighted by Crippen LogP contribution is 2.32. The average molecular weight is 449 g/mol. The fourth-order valence-electron chi connectivity index (χ4n) is 2.79. The summed E-state index contributed by atoms with van der Waals surface area (Å²) in [6.07, 6.45) is -2.04. The van der Waals surface area contributed by atoms with Gasteiger partial charge < -0.3 is 10.1 Å². The standard InChI is InChI=1S/C20H18F3N5O2S/c1-11(2)30-18-12(8-24)4-5-13-9-25-19(28-17(13)18)27-14-6-15(10-31(3)29)26-16(7-14)20(21,22)23/h4-7,9,11H,10H2,1-3H3,(H,25,26,27,28). The van der Waals surface area contributed by atoms with E-state index in [0.29, 0.717) is 10.9 Å². The number of fused-ring (bicyclic) bond motifs is 1. The smallest absolute Gasteiger partial charge is 0.433 e. The van der Waals surface area contributed by atoms with E-state index in [1.54, 1.807) is 26.0 Å². The van der Waals surface area contributed by atoms with Crippen LogP contribution in [-0.2, 0) is 22.7 Å². The van der Waals surface area contributed by atoms with Gasteiger partial charge in [0.25, 0.3) is 0 Å². The second-order valence-electron chi connectivity index (χ2n) is 6.92. The summed E-state index contributed by atoms with van der Waals surface area (Å²) in [7, 11) is -1.37. The molecule has 1 aromatic carbocycles. The Hall–Kier alpha value is -3.26. The minimum absolute atomic E-state index is 0.0130. The van der Waals surface area contributed by atoms with E-state index in [0.717, 1.165) is 6.07 Å². The summed E-state index contributed by atoms with van der Waals surface area (Å²) in [5, 5.41) is 12.7. The van der Waals surface area contributed by atoms with Gasteiger partial charge in [-0.15, -0.1) is 0 Å². The summed E-state index contributed by atoms with van der Waals surface area (Å²) >= 11 is 0. The van der Waals surface area contributed by atoms with Crippen LogP contribution >= 0.6 is 0 Å². The number of aromatic nitrogens is 3. The van der Waals surface area contributed by atoms with Gasteiger partial charge in [-0.2, -0.15) is 18.4 Å². The van der Waals surface area contributed by atoms with Crippen LogP contribution < -0.4 is 10.1 Å². The average Bonchev–Trinajstić information content (AvgIpc) is 2.66. The monoisotopic (exact) mass is 449 g/mol. The molecule has 2 heterocycles. The molecule has 0 saturated carbocycles. The summed E-state index contributed by atoms with van der Waals surface area (Å²) < 4.78 is 57.0. The van der Waals surface area contributed by atoms with Crippen molar-refractivity contribution in [2.24, 2.45) is 0 Å². The number of hydrogen-bond donors (Lipinski definition) is 1. The first-order valence-electron chi connectivity index (χ1n) is 9.08. The molecule has 1 atom stereocenters. The molecule has 0 fully saturated rings. The van der Waals surface area contributed by atoms with Gasteiger partial charge in [-0.05, 0) is 38.1 Å². The van der Waals surface area contributed by atoms with E-state index in [4.69, 9.17) is 4.74 Å². The molecule has 162 valence electrons. The highest BCUT2D eigenvalue weighted by atomic mass is 32.2. The Morgan fingerprint density at radius 1 is 1.26 bits per heavy atom. The topological polar surface area (TPSA) is 101 Å². The van der Waals surface area contributed by atoms with Crippen molar-refractivity contribution in [2.45, 2.75) is 31.9 Å². The molecule has 0 aliphatic carbocycles. The van der Waals surface area contributed by atoms with Crippen molar-refractivity contribution in [3.05, 3.63) is 47.4 Å². The van der Waals surface area contributed by atoms with Gasteiger partial charge in [-0.3, -0.25) is 4.21 Å². The van der Waals surface area contributed by atoms with Crippen molar-refractivity contribution in [1.29, 1.82) is 5.26 Å². The Balaban J connectivity index is 2.07. The van der Waals surface area contributed by atoms with Crippen LogP contribution in [0.4, 0.5) is 24.8 Å². The third-order valence-electron chi connectivity index (χ3n) is 3.96. The molecular weight excluding hydrogens is 431 g/mol. The molecule has 0 saturated heterocycles. The highest BCUT2D eigenvalue weighted by molar-refractivity contribution is 7.83. The molecule has 7 nitrogen and oxygen atoms in total. The largest absolute Gasteiger partial charge is 0.487 e. The number of ether oxygens (including phenoxy) is 1. The molecule has 1 N–H and O–H groups in total. The van der Waals surface area contributed by atoms with Gasteiger partial charge in [0.1, 0.15) is 17.3 Å². The summed E-state index contributed by atoms with van der Waals surface area (Å²) in [5.74, 6) is 0.155. The molecule has 0 amide bonds. The molecule has 31 heavy (non-hydrogen) atoms. The Labute approximate surface area is 178 Å². The summed E-state index contributed by atoms with van der Waals surface area (Å²) in [6.45, 7) is 3.60. The van der Waals surface area contributed by atoms with Crippen molar-refractivity contribution in [1.82, 2.24) is 15.0 Å². The van der Waals surface area contributed by atoms with Crippen LogP contribution in [-0.4, -0.2) is 31.5 Å². The number of rotatable bonds is 6. The van der Waals surface area contributed by atoms with Crippen molar-refractivity contribution < 1.29 is 22.1 Å². The highest BCUT2D eigenvalue weighted by Gasteiger charge is 2.33. The zero-order valence-corrected chi connectivity index (χ0v) is 17.6. The number of nitriles is 1. The first-order chi connectivity index (χ1) is 14.6. The molecule has 0 aliphatic heterocycles. The zero-order chi connectivity index (χ0) is 22.8. The van der Waals surface area contributed by atoms with E-state index < -0.39 is 22.7 Å². The minimum atomic E-state index is -4.67. The van der Waals surface area contributed by atoms with Gasteiger partial charge in [0.2, 0.25) is 5.95 Å². The third kappa shape index (κ3) is 5.46. The lowest BCUT2D eigenvalue weighted by molar-refractivity contribution is -0.141. The van der Waals surface area contributed by atoms with Gasteiger partial charge in [0.15, 0.2) is 5.75 Å². The molecule has 2 aromatic heterocycles. The van der Waals surface area contributed by atoms with Crippen LogP contribution in [0.2, 0.25) is 0 Å². The van der Waals surface area contributed by atoms with E-state index in [1.165, 1.54) is 18.5 Å². The van der Waals surface area contributed by atoms with Crippen LogP contribution in [0.15, 0.2) is 30.5 Å². The van der Waals surface area contributed by atoms with Gasteiger partial charge in [-0.1, -0.05) is 0 Å². The number of alkyl halides is 3. The quantitative estimate of drug-likeness (QED) is 0.598. The second kappa shape index (κ2) is 8.85. The minimum Gasteiger partial charge on any atom is -0.487 e. The number of anilines is 2. The van der Waals surface area contributed by atoms with E-state index >= 15 is 0 Å². The Kier molecular flexibility index (Phi) is 6.40. The molecular formula is C20H18F3N5O2S. The van der Waals surface area contributed by atoms with E-state index in [1.807, 2.05) is 6.07 Å². The molecule has 1 unspecified atom stereocenters. The van der Waals surface area contributed by atoms with Crippen LogP contribution in [0.25, 0.3) is 10.9 Å². The van der Waals surface area contributed by atoms with Gasteiger partial charge in [0, 0.05) is 34.3 Å². The van der Waals surface area contributed by atoms with E-state index in [-0.39, 0.29) is 40.5 Å². The lowest BCUT2D eigenvalue weighted by atomic mass is 10.1. The molecule has 11 heteroatoms. The maximum Gasteiger partial charge on any atom is 0.433 e. The lowest BCUT2D eigenvalue weighted by Crippen LogP contribution is -2.12. The number of halogens is 3. The predicted octanol–water partition coefficient (Wildman–Crippen LogP) is 4.32. The number of hydrogen-bond acceptors (Lipinski definition) is 7. The lowest BCUT2D eigenvalue weighted by Gasteiger charge is -2.15. The van der Waals surface area contributed by atoms with E-state index in [2.05, 4.69) is 20.3 Å².